The van der Waals surface area contributed by atoms with E-state index >= 15 is 0 Å². The van der Waals surface area contributed by atoms with Crippen molar-refractivity contribution >= 4 is 11.5 Å². The summed E-state index contributed by atoms with van der Waals surface area (Å²) in [5.41, 5.74) is 0.00148. The summed E-state index contributed by atoms with van der Waals surface area (Å²) < 4.78 is 5.38. The molecule has 1 aliphatic heterocycles. The molecule has 0 spiro atoms. The van der Waals surface area contributed by atoms with Gasteiger partial charge in [-0.15, -0.1) is 0 Å². The van der Waals surface area contributed by atoms with Gasteiger partial charge in [0.25, 0.3) is 0 Å². The van der Waals surface area contributed by atoms with E-state index < -0.39 is 4.92 Å². The monoisotopic (exact) mass is 223 g/mol. The van der Waals surface area contributed by atoms with Crippen LogP contribution in [0.15, 0.2) is 18.3 Å². The third kappa shape index (κ3) is 2.11. The topological polar surface area (TPSA) is 77.3 Å². The van der Waals surface area contributed by atoms with Gasteiger partial charge in [-0.1, -0.05) is 0 Å². The van der Waals surface area contributed by atoms with E-state index in [-0.39, 0.29) is 17.8 Å². The lowest BCUT2D eigenvalue weighted by atomic mass is 10.1. The van der Waals surface area contributed by atoms with Crippen molar-refractivity contribution in [1.29, 1.82) is 0 Å². The highest BCUT2D eigenvalue weighted by Crippen LogP contribution is 2.24. The zero-order chi connectivity index (χ0) is 11.5. The number of aromatic nitrogens is 1. The summed E-state index contributed by atoms with van der Waals surface area (Å²) in [7, 11) is 0. The molecule has 1 aromatic heterocycles. The highest BCUT2D eigenvalue weighted by atomic mass is 16.6. The second-order valence-electron chi connectivity index (χ2n) is 3.74. The molecule has 2 atom stereocenters. The molecule has 2 heterocycles. The van der Waals surface area contributed by atoms with Gasteiger partial charge in [0, 0.05) is 18.9 Å². The molecule has 1 aromatic rings. The first-order valence-electron chi connectivity index (χ1n) is 5.16. The molecule has 1 saturated heterocycles. The summed E-state index contributed by atoms with van der Waals surface area (Å²) in [6, 6.07) is 3.09. The van der Waals surface area contributed by atoms with Crippen molar-refractivity contribution in [1.82, 2.24) is 4.98 Å². The van der Waals surface area contributed by atoms with E-state index in [4.69, 9.17) is 4.74 Å². The van der Waals surface area contributed by atoms with Crippen LogP contribution < -0.4 is 5.32 Å². The van der Waals surface area contributed by atoms with Gasteiger partial charge < -0.3 is 10.1 Å². The quantitative estimate of drug-likeness (QED) is 0.621. The van der Waals surface area contributed by atoms with Crippen LogP contribution in [0.2, 0.25) is 0 Å². The number of hydrogen-bond donors (Lipinski definition) is 1. The maximum Gasteiger partial charge on any atom is 0.311 e. The standard InChI is InChI=1S/C10H13N3O3/c1-7-8(4-6-16-7)12-10-9(13(14)15)3-2-5-11-10/h2-3,5,7-8H,4,6H2,1H3,(H,11,12). The van der Waals surface area contributed by atoms with E-state index in [0.717, 1.165) is 6.42 Å². The number of hydrogen-bond acceptors (Lipinski definition) is 5. The van der Waals surface area contributed by atoms with Gasteiger partial charge in [-0.3, -0.25) is 10.1 Å². The number of nitrogens with zero attached hydrogens (tertiary/aromatic N) is 2. The predicted octanol–water partition coefficient (Wildman–Crippen LogP) is 1.58. The molecule has 2 unspecified atom stereocenters. The Kier molecular flexibility index (Phi) is 3.00. The van der Waals surface area contributed by atoms with E-state index in [1.54, 1.807) is 6.07 Å². The first-order valence-corrected chi connectivity index (χ1v) is 5.16. The molecule has 6 nitrogen and oxygen atoms in total. The molecule has 86 valence electrons. The summed E-state index contributed by atoms with van der Waals surface area (Å²) in [6.45, 7) is 2.62. The minimum Gasteiger partial charge on any atom is -0.376 e. The number of ether oxygens (including phenoxy) is 1. The average Bonchev–Trinajstić information content (AvgIpc) is 2.65. The Balaban J connectivity index is 2.17. The maximum absolute atomic E-state index is 10.8. The molecule has 0 bridgehead atoms. The van der Waals surface area contributed by atoms with Crippen LogP contribution in [0.1, 0.15) is 13.3 Å². The normalized spacial score (nSPS) is 24.3. The lowest BCUT2D eigenvalue weighted by Crippen LogP contribution is -2.27. The summed E-state index contributed by atoms with van der Waals surface area (Å²) >= 11 is 0. The molecule has 1 N–H and O–H groups in total. The molecule has 6 heteroatoms. The van der Waals surface area contributed by atoms with Gasteiger partial charge >= 0.3 is 5.69 Å². The van der Waals surface area contributed by atoms with E-state index in [0.29, 0.717) is 12.4 Å². The number of rotatable bonds is 3. The lowest BCUT2D eigenvalue weighted by molar-refractivity contribution is -0.384. The second kappa shape index (κ2) is 4.44. The van der Waals surface area contributed by atoms with Gasteiger partial charge in [0.2, 0.25) is 5.82 Å². The molecule has 0 saturated carbocycles. The summed E-state index contributed by atoms with van der Waals surface area (Å²) in [6.07, 6.45) is 2.44. The highest BCUT2D eigenvalue weighted by Gasteiger charge is 2.26. The third-order valence-corrected chi connectivity index (χ3v) is 2.68. The van der Waals surface area contributed by atoms with E-state index in [2.05, 4.69) is 10.3 Å². The number of pyridine rings is 1. The number of nitro groups is 1. The average molecular weight is 223 g/mol. The van der Waals surface area contributed by atoms with Crippen molar-refractivity contribution in [2.75, 3.05) is 11.9 Å². The molecule has 0 amide bonds. The minimum atomic E-state index is -0.435. The van der Waals surface area contributed by atoms with E-state index in [9.17, 15) is 10.1 Å². The Bertz CT molecular complexity index is 397. The van der Waals surface area contributed by atoms with Crippen molar-refractivity contribution in [2.24, 2.45) is 0 Å². The van der Waals surface area contributed by atoms with Gasteiger partial charge in [0.15, 0.2) is 0 Å². The molecule has 0 radical (unpaired) electrons. The van der Waals surface area contributed by atoms with Gasteiger partial charge in [0.05, 0.1) is 17.1 Å². The SMILES string of the molecule is CC1OCCC1Nc1ncccc1[N+](=O)[O-]. The Morgan fingerprint density at radius 2 is 2.50 bits per heavy atom. The largest absolute Gasteiger partial charge is 0.376 e. The lowest BCUT2D eigenvalue weighted by Gasteiger charge is -2.16. The molecule has 16 heavy (non-hydrogen) atoms. The van der Waals surface area contributed by atoms with Crippen LogP contribution in [0.25, 0.3) is 0 Å². The zero-order valence-electron chi connectivity index (χ0n) is 8.92. The van der Waals surface area contributed by atoms with Crippen molar-refractivity contribution in [2.45, 2.75) is 25.5 Å². The number of anilines is 1. The van der Waals surface area contributed by atoms with E-state index in [1.807, 2.05) is 6.92 Å². The molecular weight excluding hydrogens is 210 g/mol. The first-order chi connectivity index (χ1) is 7.68. The summed E-state index contributed by atoms with van der Waals surface area (Å²) in [5.74, 6) is 0.315. The molecule has 2 rings (SSSR count). The summed E-state index contributed by atoms with van der Waals surface area (Å²) in [4.78, 5) is 14.3. The number of nitrogens with one attached hydrogen (secondary N) is 1. The van der Waals surface area contributed by atoms with Crippen LogP contribution in [-0.4, -0.2) is 28.7 Å². The van der Waals surface area contributed by atoms with Crippen molar-refractivity contribution in [3.05, 3.63) is 28.4 Å². The Morgan fingerprint density at radius 3 is 3.12 bits per heavy atom. The van der Waals surface area contributed by atoms with Crippen molar-refractivity contribution in [3.8, 4) is 0 Å². The molecule has 1 fully saturated rings. The fraction of sp³-hybridized carbons (Fsp3) is 0.500. The van der Waals surface area contributed by atoms with Crippen LogP contribution in [0.4, 0.5) is 11.5 Å². The summed E-state index contributed by atoms with van der Waals surface area (Å²) in [5, 5.41) is 13.8. The molecule has 0 aromatic carbocycles. The van der Waals surface area contributed by atoms with Crippen molar-refractivity contribution in [3.63, 3.8) is 0 Å². The Hall–Kier alpha value is -1.69. The highest BCUT2D eigenvalue weighted by molar-refractivity contribution is 5.55. The fourth-order valence-electron chi connectivity index (χ4n) is 1.75. The fourth-order valence-corrected chi connectivity index (χ4v) is 1.75. The van der Waals surface area contributed by atoms with Crippen LogP contribution >= 0.6 is 0 Å². The molecular formula is C10H13N3O3. The smallest absolute Gasteiger partial charge is 0.311 e. The Morgan fingerprint density at radius 1 is 1.69 bits per heavy atom. The van der Waals surface area contributed by atoms with Crippen LogP contribution in [0.5, 0.6) is 0 Å². The van der Waals surface area contributed by atoms with Gasteiger partial charge in [-0.25, -0.2) is 4.98 Å². The third-order valence-electron chi connectivity index (χ3n) is 2.68. The first kappa shape index (κ1) is 10.8. The van der Waals surface area contributed by atoms with Crippen LogP contribution in [-0.2, 0) is 4.74 Å². The predicted molar refractivity (Wildman–Crippen MR) is 58.3 cm³/mol. The Labute approximate surface area is 92.8 Å². The zero-order valence-corrected chi connectivity index (χ0v) is 8.92. The maximum atomic E-state index is 10.8. The van der Waals surface area contributed by atoms with Crippen LogP contribution in [0, 0.1) is 10.1 Å². The van der Waals surface area contributed by atoms with Gasteiger partial charge in [-0.05, 0) is 19.4 Å². The molecule has 1 aliphatic rings. The van der Waals surface area contributed by atoms with Gasteiger partial charge in [0.1, 0.15) is 0 Å². The minimum absolute atomic E-state index is 0.00148. The van der Waals surface area contributed by atoms with Gasteiger partial charge in [-0.2, -0.15) is 0 Å². The second-order valence-corrected chi connectivity index (χ2v) is 3.74. The van der Waals surface area contributed by atoms with Crippen LogP contribution in [0.3, 0.4) is 0 Å². The van der Waals surface area contributed by atoms with E-state index in [1.165, 1.54) is 12.3 Å². The molecule has 0 aliphatic carbocycles. The van der Waals surface area contributed by atoms with Crippen molar-refractivity contribution < 1.29 is 9.66 Å².